The number of hydrogen-bond donors (Lipinski definition) is 1. The van der Waals surface area contributed by atoms with Crippen molar-refractivity contribution in [2.75, 3.05) is 20.3 Å². The number of nitrogens with one attached hydrogen (secondary N) is 1. The Morgan fingerprint density at radius 2 is 2.00 bits per heavy atom. The fourth-order valence-corrected chi connectivity index (χ4v) is 2.73. The number of halogens is 1. The lowest BCUT2D eigenvalue weighted by molar-refractivity contribution is 0.0938. The van der Waals surface area contributed by atoms with Crippen LogP contribution in [0.3, 0.4) is 0 Å². The molecule has 1 heterocycles. The zero-order valence-electron chi connectivity index (χ0n) is 14.2. The third-order valence-electron chi connectivity index (χ3n) is 3.59. The molecule has 0 unspecified atom stereocenters. The van der Waals surface area contributed by atoms with Crippen LogP contribution in [0.1, 0.15) is 10.5 Å². The van der Waals surface area contributed by atoms with E-state index in [0.717, 1.165) is 15.9 Å². The number of hydrogen-bond acceptors (Lipinski definition) is 4. The van der Waals surface area contributed by atoms with E-state index in [4.69, 9.17) is 9.47 Å². The van der Waals surface area contributed by atoms with Crippen LogP contribution in [0.2, 0.25) is 0 Å². The minimum Gasteiger partial charge on any atom is -0.493 e. The fraction of sp³-hybridized carbons (Fsp3) is 0.158. The smallest absolute Gasteiger partial charge is 0.275 e. The summed E-state index contributed by atoms with van der Waals surface area (Å²) in [7, 11) is 1.51. The molecular weight excluding hydrogens is 398 g/mol. The van der Waals surface area contributed by atoms with Gasteiger partial charge in [0.2, 0.25) is 0 Å². The summed E-state index contributed by atoms with van der Waals surface area (Å²) in [6, 6.07) is 17.1. The molecule has 0 radical (unpaired) electrons. The van der Waals surface area contributed by atoms with Gasteiger partial charge in [-0.25, -0.2) is 4.68 Å². The van der Waals surface area contributed by atoms with Gasteiger partial charge in [0.1, 0.15) is 12.4 Å². The minimum atomic E-state index is -0.311. The van der Waals surface area contributed by atoms with Crippen LogP contribution in [0, 0.1) is 0 Å². The fourth-order valence-electron chi connectivity index (χ4n) is 2.35. The lowest BCUT2D eigenvalue weighted by Gasteiger charge is -2.07. The van der Waals surface area contributed by atoms with E-state index in [-0.39, 0.29) is 11.6 Å². The molecule has 26 heavy (non-hydrogen) atoms. The molecular formula is C19H18BrN3O3. The van der Waals surface area contributed by atoms with Gasteiger partial charge in [-0.15, -0.1) is 0 Å². The number of amides is 1. The highest BCUT2D eigenvalue weighted by Gasteiger charge is 2.18. The standard InChI is InChI=1S/C19H18BrN3O3/c1-25-17-13-23(15-7-3-2-4-8-15)22-18(17)19(24)21-10-11-26-16-9-5-6-14(20)12-16/h2-9,12-13H,10-11H2,1H3,(H,21,24). The second-order valence-electron chi connectivity index (χ2n) is 5.39. The Hall–Kier alpha value is -2.80. The Balaban J connectivity index is 1.60. The summed E-state index contributed by atoms with van der Waals surface area (Å²) >= 11 is 3.39. The largest absolute Gasteiger partial charge is 0.493 e. The first-order chi connectivity index (χ1) is 12.7. The average Bonchev–Trinajstić information content (AvgIpc) is 3.10. The van der Waals surface area contributed by atoms with Crippen LogP contribution >= 0.6 is 15.9 Å². The number of carbonyl (C=O) groups excluding carboxylic acids is 1. The van der Waals surface area contributed by atoms with Crippen LogP contribution in [-0.2, 0) is 0 Å². The zero-order valence-corrected chi connectivity index (χ0v) is 15.8. The Labute approximate surface area is 159 Å². The van der Waals surface area contributed by atoms with Crippen molar-refractivity contribution < 1.29 is 14.3 Å². The Bertz CT molecular complexity index is 881. The van der Waals surface area contributed by atoms with Gasteiger partial charge in [0.05, 0.1) is 25.5 Å². The number of benzene rings is 2. The quantitative estimate of drug-likeness (QED) is 0.600. The highest BCUT2D eigenvalue weighted by molar-refractivity contribution is 9.10. The van der Waals surface area contributed by atoms with Gasteiger partial charge in [0, 0.05) is 4.47 Å². The molecule has 7 heteroatoms. The van der Waals surface area contributed by atoms with E-state index >= 15 is 0 Å². The lowest BCUT2D eigenvalue weighted by atomic mass is 10.3. The number of carbonyl (C=O) groups is 1. The van der Waals surface area contributed by atoms with Gasteiger partial charge < -0.3 is 14.8 Å². The van der Waals surface area contributed by atoms with Crippen molar-refractivity contribution in [1.29, 1.82) is 0 Å². The van der Waals surface area contributed by atoms with Gasteiger partial charge in [0.15, 0.2) is 11.4 Å². The Morgan fingerprint density at radius 3 is 2.73 bits per heavy atom. The Morgan fingerprint density at radius 1 is 1.19 bits per heavy atom. The van der Waals surface area contributed by atoms with E-state index in [1.54, 1.807) is 10.9 Å². The maximum absolute atomic E-state index is 12.4. The second-order valence-corrected chi connectivity index (χ2v) is 6.30. The summed E-state index contributed by atoms with van der Waals surface area (Å²) < 4.78 is 13.4. The molecule has 134 valence electrons. The normalized spacial score (nSPS) is 10.4. The molecule has 0 aliphatic heterocycles. The summed E-state index contributed by atoms with van der Waals surface area (Å²) in [6.07, 6.45) is 1.68. The third kappa shape index (κ3) is 4.43. The predicted molar refractivity (Wildman–Crippen MR) is 102 cm³/mol. The van der Waals surface area contributed by atoms with Gasteiger partial charge in [-0.3, -0.25) is 4.79 Å². The van der Waals surface area contributed by atoms with E-state index in [9.17, 15) is 4.79 Å². The number of rotatable bonds is 7. The number of methoxy groups -OCH3 is 1. The number of nitrogens with zero attached hydrogens (tertiary/aromatic N) is 2. The van der Waals surface area contributed by atoms with Gasteiger partial charge in [-0.1, -0.05) is 40.2 Å². The molecule has 1 amide bonds. The van der Waals surface area contributed by atoms with E-state index in [0.29, 0.717) is 18.9 Å². The molecule has 1 aromatic heterocycles. The number of para-hydroxylation sites is 1. The number of aromatic nitrogens is 2. The van der Waals surface area contributed by atoms with Crippen LogP contribution in [0.25, 0.3) is 5.69 Å². The number of ether oxygens (including phenoxy) is 2. The maximum atomic E-state index is 12.4. The summed E-state index contributed by atoms with van der Waals surface area (Å²) in [4.78, 5) is 12.4. The molecule has 0 bridgehead atoms. The highest BCUT2D eigenvalue weighted by Crippen LogP contribution is 2.19. The average molecular weight is 416 g/mol. The molecule has 0 saturated heterocycles. The van der Waals surface area contributed by atoms with E-state index in [1.807, 2.05) is 54.6 Å². The molecule has 0 atom stereocenters. The summed E-state index contributed by atoms with van der Waals surface area (Å²) in [5.74, 6) is 0.841. The van der Waals surface area contributed by atoms with Crippen molar-refractivity contribution in [2.45, 2.75) is 0 Å². The van der Waals surface area contributed by atoms with Crippen LogP contribution in [0.4, 0.5) is 0 Å². The van der Waals surface area contributed by atoms with E-state index in [1.165, 1.54) is 7.11 Å². The zero-order chi connectivity index (χ0) is 18.4. The molecule has 0 fully saturated rings. The SMILES string of the molecule is COc1cn(-c2ccccc2)nc1C(=O)NCCOc1cccc(Br)c1. The van der Waals surface area contributed by atoms with Crippen molar-refractivity contribution in [3.8, 4) is 17.2 Å². The molecule has 1 N–H and O–H groups in total. The van der Waals surface area contributed by atoms with E-state index in [2.05, 4.69) is 26.3 Å². The monoisotopic (exact) mass is 415 g/mol. The van der Waals surface area contributed by atoms with E-state index < -0.39 is 0 Å². The predicted octanol–water partition coefficient (Wildman–Crippen LogP) is 3.45. The minimum absolute atomic E-state index is 0.235. The van der Waals surface area contributed by atoms with Crippen molar-refractivity contribution in [1.82, 2.24) is 15.1 Å². The van der Waals surface area contributed by atoms with Crippen molar-refractivity contribution in [3.05, 3.63) is 71.0 Å². The Kier molecular flexibility index (Phi) is 5.91. The molecule has 2 aromatic carbocycles. The molecule has 0 saturated carbocycles. The van der Waals surface area contributed by atoms with Crippen molar-refractivity contribution in [3.63, 3.8) is 0 Å². The first-order valence-electron chi connectivity index (χ1n) is 8.03. The lowest BCUT2D eigenvalue weighted by Crippen LogP contribution is -2.28. The first kappa shape index (κ1) is 18.0. The first-order valence-corrected chi connectivity index (χ1v) is 8.82. The summed E-state index contributed by atoms with van der Waals surface area (Å²) in [6.45, 7) is 0.705. The van der Waals surface area contributed by atoms with Crippen LogP contribution in [0.15, 0.2) is 65.3 Å². The molecule has 6 nitrogen and oxygen atoms in total. The topological polar surface area (TPSA) is 65.4 Å². The van der Waals surface area contributed by atoms with Gasteiger partial charge >= 0.3 is 0 Å². The third-order valence-corrected chi connectivity index (χ3v) is 4.08. The van der Waals surface area contributed by atoms with Crippen molar-refractivity contribution >= 4 is 21.8 Å². The van der Waals surface area contributed by atoms with Gasteiger partial charge in [0.25, 0.3) is 5.91 Å². The molecule has 3 aromatic rings. The molecule has 0 aliphatic rings. The van der Waals surface area contributed by atoms with Crippen LogP contribution in [-0.4, -0.2) is 35.9 Å². The van der Waals surface area contributed by atoms with Gasteiger partial charge in [-0.2, -0.15) is 5.10 Å². The molecule has 0 spiro atoms. The molecule has 0 aliphatic carbocycles. The second kappa shape index (κ2) is 8.53. The molecule has 3 rings (SSSR count). The highest BCUT2D eigenvalue weighted by atomic mass is 79.9. The van der Waals surface area contributed by atoms with Crippen LogP contribution in [0.5, 0.6) is 11.5 Å². The van der Waals surface area contributed by atoms with Crippen molar-refractivity contribution in [2.24, 2.45) is 0 Å². The van der Waals surface area contributed by atoms with Crippen LogP contribution < -0.4 is 14.8 Å². The summed E-state index contributed by atoms with van der Waals surface area (Å²) in [5.41, 5.74) is 1.08. The van der Waals surface area contributed by atoms with Gasteiger partial charge in [-0.05, 0) is 30.3 Å². The summed E-state index contributed by atoms with van der Waals surface area (Å²) in [5, 5.41) is 7.12. The maximum Gasteiger partial charge on any atom is 0.275 e.